The van der Waals surface area contributed by atoms with Crippen LogP contribution in [0.1, 0.15) is 34.1 Å². The maximum Gasteiger partial charge on any atom is 0.323 e. The first kappa shape index (κ1) is 20.3. The van der Waals surface area contributed by atoms with E-state index in [4.69, 9.17) is 18.9 Å². The number of benzene rings is 4. The predicted octanol–water partition coefficient (Wildman–Crippen LogP) is 4.96. The zero-order valence-corrected chi connectivity index (χ0v) is 18.5. The number of fused-ring (bicyclic) bond motifs is 5. The third-order valence-corrected chi connectivity index (χ3v) is 6.54. The van der Waals surface area contributed by atoms with Crippen LogP contribution in [0.25, 0.3) is 10.8 Å². The molecule has 4 aromatic carbocycles. The van der Waals surface area contributed by atoms with Crippen LogP contribution in [0.2, 0.25) is 0 Å². The van der Waals surface area contributed by atoms with Crippen LogP contribution in [0.4, 0.5) is 0 Å². The van der Waals surface area contributed by atoms with Gasteiger partial charge in [0.2, 0.25) is 0 Å². The molecule has 0 saturated heterocycles. The van der Waals surface area contributed by atoms with Gasteiger partial charge in [0.1, 0.15) is 23.3 Å². The molecule has 168 valence electrons. The molecule has 2 unspecified atom stereocenters. The lowest BCUT2D eigenvalue weighted by Gasteiger charge is -2.13. The van der Waals surface area contributed by atoms with Crippen molar-refractivity contribution in [3.8, 4) is 23.0 Å². The van der Waals surface area contributed by atoms with Gasteiger partial charge in [-0.25, -0.2) is 0 Å². The summed E-state index contributed by atoms with van der Waals surface area (Å²) in [5.74, 6) is 0.390. The lowest BCUT2D eigenvalue weighted by Crippen LogP contribution is -2.11. The fourth-order valence-corrected chi connectivity index (χ4v) is 4.95. The number of methoxy groups -OCH3 is 2. The highest BCUT2D eigenvalue weighted by Crippen LogP contribution is 2.50. The summed E-state index contributed by atoms with van der Waals surface area (Å²) >= 11 is 0. The standard InChI is InChI=1S/C28H20O6/c1-31-21-13-8-16(14-22(21)32-2)24-20-12-10-17-18(26(20)34-28(24)30)9-11-19-23(27(29)33-25(17)19)15-6-4-3-5-7-15/h3-14,23-24H,1-2H3. The maximum atomic E-state index is 13.0. The molecule has 6 rings (SSSR count). The Labute approximate surface area is 195 Å². The van der Waals surface area contributed by atoms with Gasteiger partial charge in [0, 0.05) is 21.9 Å². The van der Waals surface area contributed by atoms with Crippen molar-refractivity contribution < 1.29 is 28.5 Å². The lowest BCUT2D eigenvalue weighted by molar-refractivity contribution is -0.134. The average Bonchev–Trinajstić information content (AvgIpc) is 3.39. The molecule has 0 radical (unpaired) electrons. The van der Waals surface area contributed by atoms with Gasteiger partial charge >= 0.3 is 11.9 Å². The minimum absolute atomic E-state index is 0.311. The highest BCUT2D eigenvalue weighted by atomic mass is 16.5. The van der Waals surface area contributed by atoms with E-state index in [2.05, 4.69) is 0 Å². The topological polar surface area (TPSA) is 71.1 Å². The predicted molar refractivity (Wildman–Crippen MR) is 125 cm³/mol. The summed E-state index contributed by atoms with van der Waals surface area (Å²) in [6, 6.07) is 22.5. The molecule has 2 atom stereocenters. The molecule has 6 nitrogen and oxygen atoms in total. The van der Waals surface area contributed by atoms with Gasteiger partial charge in [0.25, 0.3) is 0 Å². The Morgan fingerprint density at radius 1 is 0.618 bits per heavy atom. The summed E-state index contributed by atoms with van der Waals surface area (Å²) in [4.78, 5) is 25.8. The van der Waals surface area contributed by atoms with Crippen molar-refractivity contribution in [2.45, 2.75) is 11.8 Å². The average molecular weight is 452 g/mol. The van der Waals surface area contributed by atoms with Crippen LogP contribution in [0.5, 0.6) is 23.0 Å². The Bertz CT molecular complexity index is 1470. The van der Waals surface area contributed by atoms with Crippen molar-refractivity contribution in [2.24, 2.45) is 0 Å². The van der Waals surface area contributed by atoms with E-state index in [1.165, 1.54) is 0 Å². The van der Waals surface area contributed by atoms with Crippen molar-refractivity contribution in [2.75, 3.05) is 14.2 Å². The third-order valence-electron chi connectivity index (χ3n) is 6.54. The van der Waals surface area contributed by atoms with Gasteiger partial charge in [-0.15, -0.1) is 0 Å². The molecule has 0 saturated carbocycles. The van der Waals surface area contributed by atoms with Gasteiger partial charge in [-0.1, -0.05) is 60.7 Å². The number of hydrogen-bond acceptors (Lipinski definition) is 6. The van der Waals surface area contributed by atoms with Crippen molar-refractivity contribution in [3.05, 3.63) is 95.1 Å². The molecular weight excluding hydrogens is 432 g/mol. The van der Waals surface area contributed by atoms with Gasteiger partial charge in [0.05, 0.1) is 14.2 Å². The van der Waals surface area contributed by atoms with Crippen molar-refractivity contribution in [1.82, 2.24) is 0 Å². The minimum Gasteiger partial charge on any atom is -0.493 e. The molecule has 0 fully saturated rings. The van der Waals surface area contributed by atoms with E-state index >= 15 is 0 Å². The van der Waals surface area contributed by atoms with Crippen LogP contribution in [0, 0.1) is 0 Å². The Balaban J connectivity index is 1.47. The van der Waals surface area contributed by atoms with Crippen LogP contribution >= 0.6 is 0 Å². The first-order chi connectivity index (χ1) is 16.6. The molecule has 0 N–H and O–H groups in total. The highest BCUT2D eigenvalue weighted by molar-refractivity contribution is 6.05. The van der Waals surface area contributed by atoms with Crippen molar-refractivity contribution in [1.29, 1.82) is 0 Å². The molecule has 4 aromatic rings. The fraction of sp³-hybridized carbons (Fsp3) is 0.143. The van der Waals surface area contributed by atoms with Crippen molar-refractivity contribution >= 4 is 22.7 Å². The monoisotopic (exact) mass is 452 g/mol. The first-order valence-corrected chi connectivity index (χ1v) is 10.9. The summed E-state index contributed by atoms with van der Waals surface area (Å²) in [7, 11) is 3.12. The number of hydrogen-bond donors (Lipinski definition) is 0. The second-order valence-electron chi connectivity index (χ2n) is 8.30. The zero-order valence-electron chi connectivity index (χ0n) is 18.5. The molecular formula is C28H20O6. The third kappa shape index (κ3) is 2.88. The van der Waals surface area contributed by atoms with E-state index in [9.17, 15) is 9.59 Å². The Morgan fingerprint density at radius 2 is 1.18 bits per heavy atom. The van der Waals surface area contributed by atoms with Crippen LogP contribution in [-0.4, -0.2) is 26.2 Å². The van der Waals surface area contributed by atoms with E-state index in [1.54, 1.807) is 26.4 Å². The van der Waals surface area contributed by atoms with Crippen LogP contribution < -0.4 is 18.9 Å². The Kier molecular flexibility index (Phi) is 4.55. The van der Waals surface area contributed by atoms with Crippen LogP contribution in [0.3, 0.4) is 0 Å². The molecule has 6 heteroatoms. The van der Waals surface area contributed by atoms with Gasteiger partial charge in [-0.3, -0.25) is 9.59 Å². The van der Waals surface area contributed by atoms with Gasteiger partial charge in [0.15, 0.2) is 11.5 Å². The zero-order chi connectivity index (χ0) is 23.4. The van der Waals surface area contributed by atoms with Crippen molar-refractivity contribution in [3.63, 3.8) is 0 Å². The first-order valence-electron chi connectivity index (χ1n) is 10.9. The Morgan fingerprint density at radius 3 is 1.74 bits per heavy atom. The summed E-state index contributed by atoms with van der Waals surface area (Å²) < 4.78 is 22.2. The molecule has 0 aliphatic carbocycles. The molecule has 2 aliphatic rings. The molecule has 2 heterocycles. The molecule has 0 bridgehead atoms. The van der Waals surface area contributed by atoms with E-state index in [1.807, 2.05) is 60.7 Å². The quantitative estimate of drug-likeness (QED) is 0.322. The molecule has 0 spiro atoms. The summed E-state index contributed by atoms with van der Waals surface area (Å²) in [6.07, 6.45) is 0. The van der Waals surface area contributed by atoms with Crippen LogP contribution in [-0.2, 0) is 9.59 Å². The van der Waals surface area contributed by atoms with E-state index in [0.717, 1.165) is 33.0 Å². The minimum atomic E-state index is -0.591. The van der Waals surface area contributed by atoms with E-state index in [-0.39, 0.29) is 11.9 Å². The van der Waals surface area contributed by atoms with E-state index < -0.39 is 11.8 Å². The second-order valence-corrected chi connectivity index (χ2v) is 8.30. The lowest BCUT2D eigenvalue weighted by atomic mass is 9.88. The van der Waals surface area contributed by atoms with Gasteiger partial charge in [-0.05, 0) is 23.3 Å². The molecule has 0 aromatic heterocycles. The Hall–Kier alpha value is -4.32. The smallest absolute Gasteiger partial charge is 0.323 e. The second kappa shape index (κ2) is 7.63. The van der Waals surface area contributed by atoms with Crippen LogP contribution in [0.15, 0.2) is 72.8 Å². The summed E-state index contributed by atoms with van der Waals surface area (Å²) in [5, 5.41) is 1.47. The molecule has 0 amide bonds. The normalized spacial score (nSPS) is 18.3. The number of ether oxygens (including phenoxy) is 4. The molecule has 34 heavy (non-hydrogen) atoms. The number of rotatable bonds is 4. The number of esters is 2. The van der Waals surface area contributed by atoms with E-state index in [0.29, 0.717) is 23.0 Å². The highest BCUT2D eigenvalue weighted by Gasteiger charge is 2.39. The fourth-order valence-electron chi connectivity index (χ4n) is 4.95. The molecule has 2 aliphatic heterocycles. The summed E-state index contributed by atoms with van der Waals surface area (Å²) in [6.45, 7) is 0. The largest absolute Gasteiger partial charge is 0.493 e. The summed E-state index contributed by atoms with van der Waals surface area (Å²) in [5.41, 5.74) is 3.20. The van der Waals surface area contributed by atoms with Gasteiger partial charge < -0.3 is 18.9 Å². The number of carbonyl (C=O) groups excluding carboxylic acids is 2. The number of carbonyl (C=O) groups is 2. The SMILES string of the molecule is COc1ccc(C2C(=O)Oc3c2ccc2c4c(ccc32)C(c2ccccc2)C(=O)O4)cc1OC. The maximum absolute atomic E-state index is 13.0. The van der Waals surface area contributed by atoms with Gasteiger partial charge in [-0.2, -0.15) is 0 Å².